The van der Waals surface area contributed by atoms with Crippen LogP contribution in [-0.2, 0) is 4.79 Å². The van der Waals surface area contributed by atoms with Crippen molar-refractivity contribution in [2.45, 2.75) is 45.6 Å². The number of carbonyl (C=O) groups is 1. The Morgan fingerprint density at radius 3 is 2.62 bits per heavy atom. The Labute approximate surface area is 226 Å². The summed E-state index contributed by atoms with van der Waals surface area (Å²) in [6.45, 7) is 5.03. The van der Waals surface area contributed by atoms with Gasteiger partial charge >= 0.3 is 0 Å². The summed E-state index contributed by atoms with van der Waals surface area (Å²) in [5, 5.41) is 13.8. The molecule has 0 unspecified atom stereocenters. The highest BCUT2D eigenvalue weighted by molar-refractivity contribution is 8.26. The average Bonchev–Trinajstić information content (AvgIpc) is 3.18. The second-order valence-corrected chi connectivity index (χ2v) is 10.8. The molecule has 1 amide bonds. The van der Waals surface area contributed by atoms with E-state index < -0.39 is 6.10 Å². The number of nitrogens with one attached hydrogen (secondary N) is 1. The largest absolute Gasteiger partial charge is 0.387 e. The summed E-state index contributed by atoms with van der Waals surface area (Å²) in [5.41, 5.74) is 1.17. The Morgan fingerprint density at radius 2 is 1.89 bits per heavy atom. The smallest absolute Gasteiger partial charge is 0.267 e. The van der Waals surface area contributed by atoms with E-state index in [1.54, 1.807) is 35.4 Å². The second kappa shape index (κ2) is 12.5. The van der Waals surface area contributed by atoms with E-state index in [-0.39, 0.29) is 23.6 Å². The van der Waals surface area contributed by atoms with E-state index in [0.29, 0.717) is 33.2 Å². The van der Waals surface area contributed by atoms with Gasteiger partial charge in [-0.3, -0.25) is 18.9 Å². The number of unbranched alkanes of at least 4 members (excludes halogenated alkanes) is 1. The van der Waals surface area contributed by atoms with Crippen LogP contribution in [0.1, 0.15) is 56.8 Å². The Hall–Kier alpha value is -3.01. The SMILES string of the molecule is CCCC[C@H](CC)CN1C(=O)/C(=C/c2c(NC[C@H](O)c3ccccc3)nc3ccccn3c2=O)SC1=S. The first kappa shape index (κ1) is 27.0. The molecule has 4 rings (SSSR count). The molecule has 0 bridgehead atoms. The fraction of sp³-hybridized carbons (Fsp3) is 0.357. The number of carbonyl (C=O) groups excluding carboxylic acids is 1. The van der Waals surface area contributed by atoms with E-state index in [0.717, 1.165) is 31.2 Å². The Kier molecular flexibility index (Phi) is 9.13. The summed E-state index contributed by atoms with van der Waals surface area (Å²) < 4.78 is 1.96. The van der Waals surface area contributed by atoms with Crippen LogP contribution in [0.25, 0.3) is 11.7 Å². The first-order chi connectivity index (χ1) is 17.9. The lowest BCUT2D eigenvalue weighted by Crippen LogP contribution is -2.33. The second-order valence-electron chi connectivity index (χ2n) is 9.12. The number of nitrogens with zero attached hydrogens (tertiary/aromatic N) is 3. The van der Waals surface area contributed by atoms with E-state index in [2.05, 4.69) is 24.1 Å². The van der Waals surface area contributed by atoms with Crippen LogP contribution in [0, 0.1) is 5.92 Å². The van der Waals surface area contributed by atoms with Crippen molar-refractivity contribution in [2.24, 2.45) is 5.92 Å². The lowest BCUT2D eigenvalue weighted by atomic mass is 9.99. The van der Waals surface area contributed by atoms with Crippen molar-refractivity contribution in [3.63, 3.8) is 0 Å². The number of hydrogen-bond acceptors (Lipinski definition) is 7. The lowest BCUT2D eigenvalue weighted by molar-refractivity contribution is -0.122. The topological polar surface area (TPSA) is 86.9 Å². The predicted octanol–water partition coefficient (Wildman–Crippen LogP) is 5.26. The molecular formula is C28H32N4O3S2. The molecule has 2 aromatic heterocycles. The van der Waals surface area contributed by atoms with Crippen molar-refractivity contribution in [2.75, 3.05) is 18.4 Å². The van der Waals surface area contributed by atoms with Gasteiger partial charge in [0, 0.05) is 19.3 Å². The number of aliphatic hydroxyl groups is 1. The first-order valence-electron chi connectivity index (χ1n) is 12.7. The number of thiocarbonyl (C=S) groups is 1. The van der Waals surface area contributed by atoms with Gasteiger partial charge in [0.1, 0.15) is 15.8 Å². The quantitative estimate of drug-likeness (QED) is 0.255. The molecule has 1 aliphatic heterocycles. The number of aliphatic hydroxyl groups excluding tert-OH is 1. The maximum Gasteiger partial charge on any atom is 0.267 e. The zero-order valence-corrected chi connectivity index (χ0v) is 22.7. The molecule has 2 N–H and O–H groups in total. The molecule has 2 atom stereocenters. The van der Waals surface area contributed by atoms with Crippen LogP contribution in [0.15, 0.2) is 64.4 Å². The maximum absolute atomic E-state index is 13.5. The van der Waals surface area contributed by atoms with E-state index in [1.165, 1.54) is 16.2 Å². The maximum atomic E-state index is 13.5. The number of benzene rings is 1. The van der Waals surface area contributed by atoms with E-state index in [9.17, 15) is 14.7 Å². The number of fused-ring (bicyclic) bond motifs is 1. The number of pyridine rings is 1. The number of rotatable bonds is 11. The van der Waals surface area contributed by atoms with Crippen LogP contribution in [0.4, 0.5) is 5.82 Å². The Morgan fingerprint density at radius 1 is 1.14 bits per heavy atom. The van der Waals surface area contributed by atoms with Crippen LogP contribution in [0.2, 0.25) is 0 Å². The van der Waals surface area contributed by atoms with E-state index in [4.69, 9.17) is 12.2 Å². The fourth-order valence-electron chi connectivity index (χ4n) is 4.32. The molecule has 3 aromatic rings. The monoisotopic (exact) mass is 536 g/mol. The summed E-state index contributed by atoms with van der Waals surface area (Å²) in [7, 11) is 0. The van der Waals surface area contributed by atoms with Crippen LogP contribution < -0.4 is 10.9 Å². The number of aromatic nitrogens is 2. The van der Waals surface area contributed by atoms with Crippen molar-refractivity contribution in [3.05, 3.63) is 81.1 Å². The van der Waals surface area contributed by atoms with E-state index >= 15 is 0 Å². The molecule has 0 saturated carbocycles. The molecule has 1 saturated heterocycles. The van der Waals surface area contributed by atoms with Gasteiger partial charge in [0.05, 0.1) is 16.6 Å². The van der Waals surface area contributed by atoms with Gasteiger partial charge in [0.2, 0.25) is 0 Å². The molecule has 1 aromatic carbocycles. The zero-order chi connectivity index (χ0) is 26.4. The standard InChI is InChI=1S/C28H32N4O3S2/c1-3-5-11-19(4-2)18-32-27(35)23(37-28(32)36)16-21-25(29-17-22(33)20-12-7-6-8-13-20)30-24-14-9-10-15-31(24)26(21)34/h6-10,12-16,19,22,29,33H,3-5,11,17-18H2,1-2H3/b23-16-/t19-,22-/m0/s1. The van der Waals surface area contributed by atoms with E-state index in [1.807, 2.05) is 30.3 Å². The van der Waals surface area contributed by atoms with Gasteiger partial charge in [-0.05, 0) is 36.1 Å². The normalized spacial score (nSPS) is 16.5. The predicted molar refractivity (Wildman–Crippen MR) is 155 cm³/mol. The minimum absolute atomic E-state index is 0.150. The van der Waals surface area contributed by atoms with Crippen LogP contribution in [0.5, 0.6) is 0 Å². The molecule has 1 aliphatic rings. The molecule has 3 heterocycles. The Balaban J connectivity index is 1.65. The van der Waals surface area contributed by atoms with Crippen LogP contribution in [0.3, 0.4) is 0 Å². The summed E-state index contributed by atoms with van der Waals surface area (Å²) in [5.74, 6) is 0.509. The molecule has 194 valence electrons. The minimum Gasteiger partial charge on any atom is -0.387 e. The summed E-state index contributed by atoms with van der Waals surface area (Å²) in [4.78, 5) is 33.5. The van der Waals surface area contributed by atoms with Gasteiger partial charge in [-0.25, -0.2) is 4.98 Å². The third kappa shape index (κ3) is 6.29. The van der Waals surface area contributed by atoms with Gasteiger partial charge in [0.15, 0.2) is 0 Å². The van der Waals surface area contributed by atoms with Crippen molar-refractivity contribution in [1.82, 2.24) is 14.3 Å². The third-order valence-corrected chi connectivity index (χ3v) is 7.93. The lowest BCUT2D eigenvalue weighted by Gasteiger charge is -2.21. The van der Waals surface area contributed by atoms with Crippen LogP contribution in [-0.4, -0.2) is 42.7 Å². The molecule has 37 heavy (non-hydrogen) atoms. The number of anilines is 1. The zero-order valence-electron chi connectivity index (χ0n) is 21.1. The Bertz CT molecular complexity index is 1360. The van der Waals surface area contributed by atoms with Crippen LogP contribution >= 0.6 is 24.0 Å². The van der Waals surface area contributed by atoms with Gasteiger partial charge < -0.3 is 10.4 Å². The fourth-order valence-corrected chi connectivity index (χ4v) is 5.57. The van der Waals surface area contributed by atoms with Crippen molar-refractivity contribution >= 4 is 51.7 Å². The summed E-state index contributed by atoms with van der Waals surface area (Å²) in [6, 6.07) is 14.6. The number of amides is 1. The summed E-state index contributed by atoms with van der Waals surface area (Å²) in [6.07, 6.45) is 6.70. The molecule has 9 heteroatoms. The molecular weight excluding hydrogens is 504 g/mol. The van der Waals surface area contributed by atoms with Crippen molar-refractivity contribution < 1.29 is 9.90 Å². The molecule has 0 spiro atoms. The summed E-state index contributed by atoms with van der Waals surface area (Å²) >= 11 is 6.76. The number of thioether (sulfide) groups is 1. The molecule has 0 radical (unpaired) electrons. The number of hydrogen-bond donors (Lipinski definition) is 2. The van der Waals surface area contributed by atoms with Gasteiger partial charge in [-0.1, -0.05) is 93.5 Å². The third-order valence-electron chi connectivity index (χ3n) is 6.55. The highest BCUT2D eigenvalue weighted by Crippen LogP contribution is 2.34. The minimum atomic E-state index is -0.794. The first-order valence-corrected chi connectivity index (χ1v) is 13.9. The molecule has 0 aliphatic carbocycles. The van der Waals surface area contributed by atoms with Gasteiger partial charge in [-0.15, -0.1) is 0 Å². The molecule has 1 fully saturated rings. The van der Waals surface area contributed by atoms with Gasteiger partial charge in [0.25, 0.3) is 11.5 Å². The highest BCUT2D eigenvalue weighted by atomic mass is 32.2. The molecule has 7 nitrogen and oxygen atoms in total. The van der Waals surface area contributed by atoms with Gasteiger partial charge in [-0.2, -0.15) is 0 Å². The average molecular weight is 537 g/mol. The van der Waals surface area contributed by atoms with Crippen molar-refractivity contribution in [1.29, 1.82) is 0 Å². The van der Waals surface area contributed by atoms with Crippen molar-refractivity contribution in [3.8, 4) is 0 Å². The highest BCUT2D eigenvalue weighted by Gasteiger charge is 2.33.